The highest BCUT2D eigenvalue weighted by molar-refractivity contribution is 5.95. The Hall–Kier alpha value is -1.14. The lowest BCUT2D eigenvalue weighted by atomic mass is 9.97. The molecule has 1 heterocycles. The normalized spacial score (nSPS) is 25.5. The number of nitrogens with two attached hydrogens (primary N) is 1. The number of hydrogen-bond donors (Lipinski definition) is 3. The number of hydrogen-bond acceptors (Lipinski definition) is 4. The largest absolute Gasteiger partial charge is 0.335 e. The molecular weight excluding hydrogens is 268 g/mol. The fourth-order valence-corrected chi connectivity index (χ4v) is 3.45. The highest BCUT2D eigenvalue weighted by Crippen LogP contribution is 2.19. The fraction of sp³-hybridized carbons (Fsp3) is 0.867. The lowest BCUT2D eigenvalue weighted by Crippen LogP contribution is -2.53. The highest BCUT2D eigenvalue weighted by Gasteiger charge is 2.27. The van der Waals surface area contributed by atoms with E-state index in [1.807, 2.05) is 6.92 Å². The molecule has 0 aromatic heterocycles. The summed E-state index contributed by atoms with van der Waals surface area (Å²) in [5, 5.41) is 5.31. The minimum absolute atomic E-state index is 0.0467. The third-order valence-corrected chi connectivity index (χ3v) is 4.56. The van der Waals surface area contributed by atoms with Gasteiger partial charge in [-0.15, -0.1) is 0 Å². The number of piperidine rings is 1. The summed E-state index contributed by atoms with van der Waals surface area (Å²) < 4.78 is 0. The molecule has 2 fully saturated rings. The van der Waals surface area contributed by atoms with Gasteiger partial charge in [-0.2, -0.15) is 0 Å². The first kappa shape index (κ1) is 16.2. The summed E-state index contributed by atoms with van der Waals surface area (Å²) in [5.74, 6) is -0.238. The molecule has 2 atom stereocenters. The van der Waals surface area contributed by atoms with Crippen LogP contribution in [-0.4, -0.2) is 48.1 Å². The number of carbonyl (C=O) groups excluding carboxylic acids is 2. The Bertz CT molecular complexity index is 367. The van der Waals surface area contributed by atoms with Gasteiger partial charge in [0.25, 0.3) is 0 Å². The van der Waals surface area contributed by atoms with Crippen molar-refractivity contribution in [2.75, 3.05) is 13.1 Å². The maximum absolute atomic E-state index is 12.0. The summed E-state index contributed by atoms with van der Waals surface area (Å²) in [6.07, 6.45) is 7.61. The van der Waals surface area contributed by atoms with Crippen LogP contribution in [0.25, 0.3) is 0 Å². The van der Waals surface area contributed by atoms with Crippen LogP contribution in [-0.2, 0) is 4.79 Å². The minimum atomic E-state index is -0.360. The van der Waals surface area contributed by atoms with E-state index in [0.717, 1.165) is 51.5 Å². The summed E-state index contributed by atoms with van der Waals surface area (Å²) in [6, 6.07) is 0.152. The summed E-state index contributed by atoms with van der Waals surface area (Å²) in [6.45, 7) is 3.11. The van der Waals surface area contributed by atoms with Crippen LogP contribution in [0, 0.1) is 0 Å². The SMILES string of the molecule is CC(N)C1CCCCN1CC(=O)NC(=O)NC1CCCC1. The predicted octanol–water partition coefficient (Wildman–Crippen LogP) is 0.957. The maximum Gasteiger partial charge on any atom is 0.321 e. The minimum Gasteiger partial charge on any atom is -0.335 e. The lowest BCUT2D eigenvalue weighted by Gasteiger charge is -2.37. The summed E-state index contributed by atoms with van der Waals surface area (Å²) in [4.78, 5) is 25.9. The van der Waals surface area contributed by atoms with Crippen LogP contribution in [0.2, 0.25) is 0 Å². The number of imide groups is 1. The Labute approximate surface area is 126 Å². The summed E-state index contributed by atoms with van der Waals surface area (Å²) in [5.41, 5.74) is 5.99. The number of amides is 3. The van der Waals surface area contributed by atoms with Crippen molar-refractivity contribution in [2.24, 2.45) is 5.73 Å². The molecule has 2 aliphatic rings. The quantitative estimate of drug-likeness (QED) is 0.721. The number of nitrogens with one attached hydrogen (secondary N) is 2. The number of rotatable bonds is 4. The van der Waals surface area contributed by atoms with Gasteiger partial charge in [0.1, 0.15) is 0 Å². The molecule has 1 aliphatic carbocycles. The Morgan fingerprint density at radius 3 is 2.52 bits per heavy atom. The van der Waals surface area contributed by atoms with Gasteiger partial charge in [-0.3, -0.25) is 15.0 Å². The molecule has 0 aromatic carbocycles. The third kappa shape index (κ3) is 4.97. The van der Waals surface area contributed by atoms with Crippen LogP contribution in [0.1, 0.15) is 51.9 Å². The molecule has 1 aliphatic heterocycles. The zero-order valence-corrected chi connectivity index (χ0v) is 12.9. The fourth-order valence-electron chi connectivity index (χ4n) is 3.45. The van der Waals surface area contributed by atoms with Gasteiger partial charge in [-0.1, -0.05) is 19.3 Å². The van der Waals surface area contributed by atoms with Crippen molar-refractivity contribution >= 4 is 11.9 Å². The summed E-state index contributed by atoms with van der Waals surface area (Å²) in [7, 11) is 0. The van der Waals surface area contributed by atoms with Crippen molar-refractivity contribution < 1.29 is 9.59 Å². The van der Waals surface area contributed by atoms with Crippen LogP contribution in [0.4, 0.5) is 4.79 Å². The van der Waals surface area contributed by atoms with Gasteiger partial charge in [0, 0.05) is 18.1 Å². The number of carbonyl (C=O) groups is 2. The van der Waals surface area contributed by atoms with E-state index >= 15 is 0 Å². The zero-order valence-electron chi connectivity index (χ0n) is 12.9. The van der Waals surface area contributed by atoms with E-state index in [1.165, 1.54) is 0 Å². The van der Waals surface area contributed by atoms with Gasteiger partial charge in [-0.25, -0.2) is 4.79 Å². The molecule has 6 nitrogen and oxygen atoms in total. The Morgan fingerprint density at radius 1 is 1.19 bits per heavy atom. The van der Waals surface area contributed by atoms with E-state index in [1.54, 1.807) is 0 Å². The van der Waals surface area contributed by atoms with Crippen molar-refractivity contribution in [3.05, 3.63) is 0 Å². The Morgan fingerprint density at radius 2 is 1.86 bits per heavy atom. The van der Waals surface area contributed by atoms with Crippen molar-refractivity contribution in [1.29, 1.82) is 0 Å². The molecular formula is C15H28N4O2. The molecule has 1 saturated carbocycles. The van der Waals surface area contributed by atoms with Crippen LogP contribution in [0.15, 0.2) is 0 Å². The van der Waals surface area contributed by atoms with Gasteiger partial charge in [0.15, 0.2) is 0 Å². The maximum atomic E-state index is 12.0. The first-order chi connectivity index (χ1) is 10.1. The second-order valence-electron chi connectivity index (χ2n) is 6.40. The monoisotopic (exact) mass is 296 g/mol. The molecule has 4 N–H and O–H groups in total. The van der Waals surface area contributed by atoms with Crippen LogP contribution < -0.4 is 16.4 Å². The van der Waals surface area contributed by atoms with Crippen molar-refractivity contribution in [3.8, 4) is 0 Å². The van der Waals surface area contributed by atoms with Gasteiger partial charge < -0.3 is 11.1 Å². The third-order valence-electron chi connectivity index (χ3n) is 4.56. The molecule has 2 rings (SSSR count). The average molecular weight is 296 g/mol. The average Bonchev–Trinajstić information content (AvgIpc) is 2.91. The summed E-state index contributed by atoms with van der Waals surface area (Å²) >= 11 is 0. The van der Waals surface area contributed by atoms with Crippen molar-refractivity contribution in [1.82, 2.24) is 15.5 Å². The molecule has 2 unspecified atom stereocenters. The number of urea groups is 1. The predicted molar refractivity (Wildman–Crippen MR) is 81.8 cm³/mol. The number of likely N-dealkylation sites (tertiary alicyclic amines) is 1. The van der Waals surface area contributed by atoms with Crippen LogP contribution >= 0.6 is 0 Å². The first-order valence-electron chi connectivity index (χ1n) is 8.16. The smallest absolute Gasteiger partial charge is 0.321 e. The van der Waals surface area contributed by atoms with Gasteiger partial charge >= 0.3 is 6.03 Å². The molecule has 0 spiro atoms. The van der Waals surface area contributed by atoms with Crippen LogP contribution in [0.3, 0.4) is 0 Å². The Kier molecular flexibility index (Phi) is 5.99. The molecule has 120 valence electrons. The molecule has 0 radical (unpaired) electrons. The molecule has 1 saturated heterocycles. The molecule has 6 heteroatoms. The standard InChI is InChI=1S/C15H28N4O2/c1-11(16)13-8-4-5-9-19(13)10-14(20)18-15(21)17-12-6-2-3-7-12/h11-13H,2-10,16H2,1H3,(H2,17,18,20,21). The topological polar surface area (TPSA) is 87.5 Å². The van der Waals surface area contributed by atoms with E-state index in [9.17, 15) is 9.59 Å². The van der Waals surface area contributed by atoms with Crippen molar-refractivity contribution in [3.63, 3.8) is 0 Å². The van der Waals surface area contributed by atoms with E-state index in [2.05, 4.69) is 15.5 Å². The highest BCUT2D eigenvalue weighted by atomic mass is 16.2. The van der Waals surface area contributed by atoms with E-state index in [0.29, 0.717) is 0 Å². The molecule has 3 amide bonds. The van der Waals surface area contributed by atoms with Crippen molar-refractivity contribution in [2.45, 2.75) is 70.0 Å². The number of nitrogens with zero attached hydrogens (tertiary/aromatic N) is 1. The first-order valence-corrected chi connectivity index (χ1v) is 8.16. The second-order valence-corrected chi connectivity index (χ2v) is 6.40. The molecule has 0 bridgehead atoms. The van der Waals surface area contributed by atoms with Gasteiger partial charge in [0.05, 0.1) is 6.54 Å². The molecule has 21 heavy (non-hydrogen) atoms. The van der Waals surface area contributed by atoms with E-state index in [4.69, 9.17) is 5.73 Å². The van der Waals surface area contributed by atoms with Gasteiger partial charge in [0.2, 0.25) is 5.91 Å². The molecule has 0 aromatic rings. The van der Waals surface area contributed by atoms with E-state index < -0.39 is 0 Å². The van der Waals surface area contributed by atoms with E-state index in [-0.39, 0.29) is 36.6 Å². The second kappa shape index (κ2) is 7.75. The van der Waals surface area contributed by atoms with Gasteiger partial charge in [-0.05, 0) is 39.2 Å². The zero-order chi connectivity index (χ0) is 15.2. The lowest BCUT2D eigenvalue weighted by molar-refractivity contribution is -0.122. The Balaban J connectivity index is 1.75. The van der Waals surface area contributed by atoms with Crippen LogP contribution in [0.5, 0.6) is 0 Å².